The molecule has 0 bridgehead atoms. The zero-order chi connectivity index (χ0) is 12.4. The van der Waals surface area contributed by atoms with Crippen molar-refractivity contribution in [1.82, 2.24) is 0 Å². The van der Waals surface area contributed by atoms with Crippen LogP contribution in [0.25, 0.3) is 0 Å². The van der Waals surface area contributed by atoms with Crippen LogP contribution >= 0.6 is 15.9 Å². The topological polar surface area (TPSA) is 37.3 Å². The molecule has 0 radical (unpaired) electrons. The maximum Gasteiger partial charge on any atom is 0.196 e. The van der Waals surface area contributed by atoms with Crippen LogP contribution in [0.2, 0.25) is 0 Å². The average molecular weight is 291 g/mol. The molecule has 0 saturated heterocycles. The third-order valence-corrected chi connectivity index (χ3v) is 2.98. The Morgan fingerprint density at radius 1 is 1.18 bits per heavy atom. The molecule has 0 unspecified atom stereocenters. The Morgan fingerprint density at radius 2 is 1.94 bits per heavy atom. The zero-order valence-corrected chi connectivity index (χ0v) is 10.9. The zero-order valence-electron chi connectivity index (χ0n) is 9.27. The van der Waals surface area contributed by atoms with E-state index in [0.29, 0.717) is 11.1 Å². The molecule has 0 saturated carbocycles. The number of aryl methyl sites for hydroxylation is 1. The highest BCUT2D eigenvalue weighted by Gasteiger charge is 2.13. The molecule has 0 aliphatic heterocycles. The lowest BCUT2D eigenvalue weighted by molar-refractivity contribution is 0.103. The molecule has 1 N–H and O–H groups in total. The molecule has 0 aliphatic carbocycles. The Morgan fingerprint density at radius 3 is 2.59 bits per heavy atom. The predicted octanol–water partition coefficient (Wildman–Crippen LogP) is 3.69. The lowest BCUT2D eigenvalue weighted by Crippen LogP contribution is -2.01. The first kappa shape index (κ1) is 11.9. The fourth-order valence-electron chi connectivity index (χ4n) is 1.62. The minimum absolute atomic E-state index is 0.0231. The van der Waals surface area contributed by atoms with Crippen LogP contribution in [-0.4, -0.2) is 10.9 Å². The summed E-state index contributed by atoms with van der Waals surface area (Å²) in [6.45, 7) is 1.87. The standard InChI is InChI=1S/C14H11BrO2/c1-9-5-6-12(13(16)7-9)14(17)10-3-2-4-11(15)8-10/h2-8,16H,1H3. The van der Waals surface area contributed by atoms with Crippen molar-refractivity contribution in [3.63, 3.8) is 0 Å². The number of phenols is 1. The average Bonchev–Trinajstić information content (AvgIpc) is 2.28. The van der Waals surface area contributed by atoms with E-state index >= 15 is 0 Å². The molecule has 0 aromatic heterocycles. The monoisotopic (exact) mass is 290 g/mol. The van der Waals surface area contributed by atoms with Crippen molar-refractivity contribution in [1.29, 1.82) is 0 Å². The second kappa shape index (κ2) is 4.72. The normalized spacial score (nSPS) is 10.2. The van der Waals surface area contributed by atoms with E-state index in [4.69, 9.17) is 0 Å². The van der Waals surface area contributed by atoms with Crippen molar-refractivity contribution in [2.24, 2.45) is 0 Å². The Bertz CT molecular complexity index is 576. The predicted molar refractivity (Wildman–Crippen MR) is 70.4 cm³/mol. The Labute approximate surface area is 108 Å². The third-order valence-electron chi connectivity index (χ3n) is 2.48. The van der Waals surface area contributed by atoms with E-state index in [9.17, 15) is 9.90 Å². The summed E-state index contributed by atoms with van der Waals surface area (Å²) >= 11 is 3.32. The molecule has 2 aromatic carbocycles. The molecule has 86 valence electrons. The summed E-state index contributed by atoms with van der Waals surface area (Å²) < 4.78 is 0.843. The summed E-state index contributed by atoms with van der Waals surface area (Å²) in [6, 6.07) is 12.2. The van der Waals surface area contributed by atoms with Gasteiger partial charge in [-0.05, 0) is 36.8 Å². The molecule has 2 nitrogen and oxygen atoms in total. The van der Waals surface area contributed by atoms with E-state index < -0.39 is 0 Å². The van der Waals surface area contributed by atoms with Gasteiger partial charge >= 0.3 is 0 Å². The van der Waals surface area contributed by atoms with Gasteiger partial charge in [0.05, 0.1) is 5.56 Å². The molecule has 0 heterocycles. The highest BCUT2D eigenvalue weighted by molar-refractivity contribution is 9.10. The molecule has 0 amide bonds. The minimum atomic E-state index is -0.177. The number of phenolic OH excluding ortho intramolecular Hbond substituents is 1. The fraction of sp³-hybridized carbons (Fsp3) is 0.0714. The summed E-state index contributed by atoms with van der Waals surface area (Å²) in [7, 11) is 0. The van der Waals surface area contributed by atoms with Gasteiger partial charge in [0.15, 0.2) is 5.78 Å². The largest absolute Gasteiger partial charge is 0.507 e. The number of halogens is 1. The third kappa shape index (κ3) is 2.56. The SMILES string of the molecule is Cc1ccc(C(=O)c2cccc(Br)c2)c(O)c1. The van der Waals surface area contributed by atoms with E-state index in [2.05, 4.69) is 15.9 Å². The van der Waals surface area contributed by atoms with Crippen molar-refractivity contribution in [3.05, 3.63) is 63.6 Å². The van der Waals surface area contributed by atoms with Gasteiger partial charge in [0.25, 0.3) is 0 Å². The van der Waals surface area contributed by atoms with Crippen LogP contribution in [0.1, 0.15) is 21.5 Å². The van der Waals surface area contributed by atoms with Gasteiger partial charge in [-0.25, -0.2) is 0 Å². The van der Waals surface area contributed by atoms with Gasteiger partial charge < -0.3 is 5.11 Å². The number of carbonyl (C=O) groups excluding carboxylic acids is 1. The van der Waals surface area contributed by atoms with Crippen LogP contribution in [-0.2, 0) is 0 Å². The second-order valence-electron chi connectivity index (χ2n) is 3.86. The quantitative estimate of drug-likeness (QED) is 0.857. The number of benzene rings is 2. The van der Waals surface area contributed by atoms with Crippen molar-refractivity contribution >= 4 is 21.7 Å². The lowest BCUT2D eigenvalue weighted by Gasteiger charge is -2.05. The Balaban J connectivity index is 2.44. The molecular weight excluding hydrogens is 280 g/mol. The van der Waals surface area contributed by atoms with Crippen LogP contribution in [0, 0.1) is 6.92 Å². The molecular formula is C14H11BrO2. The van der Waals surface area contributed by atoms with Crippen molar-refractivity contribution in [3.8, 4) is 5.75 Å². The minimum Gasteiger partial charge on any atom is -0.507 e. The fourth-order valence-corrected chi connectivity index (χ4v) is 2.02. The lowest BCUT2D eigenvalue weighted by atomic mass is 10.0. The molecule has 2 aromatic rings. The van der Waals surface area contributed by atoms with Gasteiger partial charge in [-0.15, -0.1) is 0 Å². The summed E-state index contributed by atoms with van der Waals surface area (Å²) in [5.41, 5.74) is 1.81. The first-order valence-corrected chi connectivity index (χ1v) is 5.97. The molecule has 0 atom stereocenters. The number of hydrogen-bond acceptors (Lipinski definition) is 2. The van der Waals surface area contributed by atoms with Crippen molar-refractivity contribution in [2.75, 3.05) is 0 Å². The van der Waals surface area contributed by atoms with Gasteiger partial charge in [-0.1, -0.05) is 34.1 Å². The van der Waals surface area contributed by atoms with E-state index in [1.807, 2.05) is 19.1 Å². The molecule has 0 aliphatic rings. The second-order valence-corrected chi connectivity index (χ2v) is 4.78. The molecule has 2 rings (SSSR count). The summed E-state index contributed by atoms with van der Waals surface area (Å²) in [5.74, 6) is -0.154. The highest BCUT2D eigenvalue weighted by atomic mass is 79.9. The van der Waals surface area contributed by atoms with Gasteiger partial charge in [-0.2, -0.15) is 0 Å². The van der Waals surface area contributed by atoms with Crippen molar-refractivity contribution in [2.45, 2.75) is 6.92 Å². The number of aromatic hydroxyl groups is 1. The van der Waals surface area contributed by atoms with Crippen LogP contribution in [0.4, 0.5) is 0 Å². The maximum atomic E-state index is 12.1. The maximum absolute atomic E-state index is 12.1. The highest BCUT2D eigenvalue weighted by Crippen LogP contribution is 2.23. The van der Waals surface area contributed by atoms with Crippen LogP contribution in [0.5, 0.6) is 5.75 Å². The first-order chi connectivity index (χ1) is 8.08. The summed E-state index contributed by atoms with van der Waals surface area (Å²) in [5, 5.41) is 9.76. The number of hydrogen-bond donors (Lipinski definition) is 1. The summed E-state index contributed by atoms with van der Waals surface area (Å²) in [6.07, 6.45) is 0. The first-order valence-electron chi connectivity index (χ1n) is 5.18. The van der Waals surface area contributed by atoms with E-state index in [1.165, 1.54) is 0 Å². The van der Waals surface area contributed by atoms with Crippen LogP contribution < -0.4 is 0 Å². The number of ketones is 1. The van der Waals surface area contributed by atoms with E-state index in [0.717, 1.165) is 10.0 Å². The Hall–Kier alpha value is -1.61. The van der Waals surface area contributed by atoms with Gasteiger partial charge in [0.1, 0.15) is 5.75 Å². The number of carbonyl (C=O) groups is 1. The molecule has 17 heavy (non-hydrogen) atoms. The van der Waals surface area contributed by atoms with Crippen LogP contribution in [0.3, 0.4) is 0 Å². The van der Waals surface area contributed by atoms with E-state index in [1.54, 1.807) is 30.3 Å². The van der Waals surface area contributed by atoms with Crippen molar-refractivity contribution < 1.29 is 9.90 Å². The Kier molecular flexibility index (Phi) is 3.29. The van der Waals surface area contributed by atoms with Crippen LogP contribution in [0.15, 0.2) is 46.9 Å². The van der Waals surface area contributed by atoms with Gasteiger partial charge in [0, 0.05) is 10.0 Å². The molecule has 3 heteroatoms. The van der Waals surface area contributed by atoms with Gasteiger partial charge in [-0.3, -0.25) is 4.79 Å². The smallest absolute Gasteiger partial charge is 0.196 e. The van der Waals surface area contributed by atoms with Gasteiger partial charge in [0.2, 0.25) is 0 Å². The number of rotatable bonds is 2. The van der Waals surface area contributed by atoms with E-state index in [-0.39, 0.29) is 11.5 Å². The molecule has 0 fully saturated rings. The summed E-state index contributed by atoms with van der Waals surface area (Å²) in [4.78, 5) is 12.1. The molecule has 0 spiro atoms.